The summed E-state index contributed by atoms with van der Waals surface area (Å²) in [5, 5.41) is 0. The molecule has 0 fully saturated rings. The van der Waals surface area contributed by atoms with Crippen LogP contribution >= 0.6 is 22.6 Å². The molecule has 2 aromatic rings. The Balaban J connectivity index is 1.80. The number of carbonyl (C=O) groups is 1. The van der Waals surface area contributed by atoms with E-state index in [2.05, 4.69) is 57.8 Å². The van der Waals surface area contributed by atoms with Gasteiger partial charge in [0, 0.05) is 28.9 Å². The number of hydrogen-bond donors (Lipinski definition) is 0. The minimum atomic E-state index is 0.0103. The predicted molar refractivity (Wildman–Crippen MR) is 121 cm³/mol. The number of halogens is 1. The molecule has 0 radical (unpaired) electrons. The number of nitrogens with zero attached hydrogens (tertiary/aromatic N) is 1. The Hall–Kier alpha value is -2.40. The van der Waals surface area contributed by atoms with Gasteiger partial charge < -0.3 is 4.90 Å². The molecule has 0 unspecified atom stereocenters. The third-order valence-electron chi connectivity index (χ3n) is 3.63. The fraction of sp³-hybridized carbons (Fsp3) is 0.0870. The van der Waals surface area contributed by atoms with Crippen LogP contribution < -0.4 is 4.90 Å². The van der Waals surface area contributed by atoms with Crippen LogP contribution in [0.4, 0.5) is 5.69 Å². The van der Waals surface area contributed by atoms with E-state index in [1.54, 1.807) is 12.2 Å². The molecular formula is C23H22INO. The zero-order valence-electron chi connectivity index (χ0n) is 15.0. The molecule has 0 spiro atoms. The Kier molecular flexibility index (Phi) is 8.09. The highest BCUT2D eigenvalue weighted by molar-refractivity contribution is 14.1. The van der Waals surface area contributed by atoms with Crippen LogP contribution in [0.3, 0.4) is 0 Å². The second-order valence-corrected chi connectivity index (χ2v) is 7.09. The van der Waals surface area contributed by atoms with Gasteiger partial charge in [-0.25, -0.2) is 0 Å². The fourth-order valence-corrected chi connectivity index (χ4v) is 2.52. The van der Waals surface area contributed by atoms with Crippen LogP contribution in [0.5, 0.6) is 0 Å². The van der Waals surface area contributed by atoms with E-state index in [1.165, 1.54) is 5.69 Å². The minimum Gasteiger partial charge on any atom is -0.378 e. The van der Waals surface area contributed by atoms with Crippen LogP contribution in [-0.4, -0.2) is 19.9 Å². The number of anilines is 1. The maximum absolute atomic E-state index is 12.0. The lowest BCUT2D eigenvalue weighted by atomic mass is 10.1. The monoisotopic (exact) mass is 455 g/mol. The number of allylic oxidation sites excluding steroid dienone is 7. The number of carbonyl (C=O) groups excluding carboxylic acids is 1. The van der Waals surface area contributed by atoms with Crippen molar-refractivity contribution >= 4 is 40.1 Å². The summed E-state index contributed by atoms with van der Waals surface area (Å²) >= 11 is 2.22. The lowest BCUT2D eigenvalue weighted by molar-refractivity contribution is 0.104. The van der Waals surface area contributed by atoms with E-state index in [0.717, 1.165) is 9.13 Å². The molecule has 0 saturated carbocycles. The van der Waals surface area contributed by atoms with Crippen molar-refractivity contribution in [2.24, 2.45) is 0 Å². The molecule has 2 rings (SSSR count). The number of rotatable bonds is 7. The number of benzene rings is 2. The van der Waals surface area contributed by atoms with Gasteiger partial charge in [0.15, 0.2) is 5.78 Å². The summed E-state index contributed by atoms with van der Waals surface area (Å²) in [7, 11) is 4.06. The molecule has 0 aliphatic carbocycles. The summed E-state index contributed by atoms with van der Waals surface area (Å²) in [6, 6.07) is 15.9. The zero-order valence-corrected chi connectivity index (χ0v) is 17.1. The van der Waals surface area contributed by atoms with Crippen molar-refractivity contribution in [3.05, 3.63) is 106 Å². The summed E-state index contributed by atoms with van der Waals surface area (Å²) < 4.78 is 1.12. The van der Waals surface area contributed by atoms with Crippen molar-refractivity contribution in [2.45, 2.75) is 0 Å². The quantitative estimate of drug-likeness (QED) is 0.224. The predicted octanol–water partition coefficient (Wildman–Crippen LogP) is 5.92. The third kappa shape index (κ3) is 6.84. The van der Waals surface area contributed by atoms with Gasteiger partial charge in [0.1, 0.15) is 0 Å². The molecular weight excluding hydrogens is 433 g/mol. The van der Waals surface area contributed by atoms with Crippen LogP contribution in [-0.2, 0) is 0 Å². The molecule has 132 valence electrons. The van der Waals surface area contributed by atoms with Gasteiger partial charge in [-0.2, -0.15) is 0 Å². The first-order valence-corrected chi connectivity index (χ1v) is 9.39. The van der Waals surface area contributed by atoms with E-state index in [9.17, 15) is 4.79 Å². The van der Waals surface area contributed by atoms with Crippen molar-refractivity contribution < 1.29 is 4.79 Å². The van der Waals surface area contributed by atoms with Gasteiger partial charge in [-0.1, -0.05) is 66.8 Å². The van der Waals surface area contributed by atoms with Gasteiger partial charge in [0.25, 0.3) is 0 Å². The normalized spacial score (nSPS) is 12.0. The maximum Gasteiger partial charge on any atom is 0.185 e. The van der Waals surface area contributed by atoms with Crippen LogP contribution in [0.2, 0.25) is 0 Å². The summed E-state index contributed by atoms with van der Waals surface area (Å²) in [5.41, 5.74) is 3.05. The van der Waals surface area contributed by atoms with E-state index >= 15 is 0 Å². The lowest BCUT2D eigenvalue weighted by Gasteiger charge is -2.11. The molecule has 0 saturated heterocycles. The van der Waals surface area contributed by atoms with Gasteiger partial charge in [0.2, 0.25) is 0 Å². The molecule has 0 N–H and O–H groups in total. The van der Waals surface area contributed by atoms with Crippen molar-refractivity contribution in [1.29, 1.82) is 0 Å². The third-order valence-corrected chi connectivity index (χ3v) is 4.35. The molecule has 26 heavy (non-hydrogen) atoms. The van der Waals surface area contributed by atoms with Gasteiger partial charge in [0.05, 0.1) is 0 Å². The van der Waals surface area contributed by atoms with Gasteiger partial charge in [-0.3, -0.25) is 4.79 Å². The summed E-state index contributed by atoms with van der Waals surface area (Å²) in [4.78, 5) is 14.0. The van der Waals surface area contributed by atoms with Crippen molar-refractivity contribution in [3.63, 3.8) is 0 Å². The lowest BCUT2D eigenvalue weighted by Crippen LogP contribution is -2.07. The first-order valence-electron chi connectivity index (χ1n) is 8.31. The Bertz CT molecular complexity index is 826. The summed E-state index contributed by atoms with van der Waals surface area (Å²) in [6.07, 6.45) is 15.0. The average Bonchev–Trinajstić information content (AvgIpc) is 2.64. The van der Waals surface area contributed by atoms with E-state index in [-0.39, 0.29) is 5.78 Å². The molecule has 0 aliphatic heterocycles. The largest absolute Gasteiger partial charge is 0.378 e. The highest BCUT2D eigenvalue weighted by Crippen LogP contribution is 2.13. The van der Waals surface area contributed by atoms with E-state index in [1.807, 2.05) is 68.7 Å². The van der Waals surface area contributed by atoms with Crippen LogP contribution in [0.15, 0.2) is 91.1 Å². The molecule has 0 amide bonds. The maximum atomic E-state index is 12.0. The van der Waals surface area contributed by atoms with Gasteiger partial charge >= 0.3 is 0 Å². The molecule has 0 heterocycles. The van der Waals surface area contributed by atoms with E-state index in [4.69, 9.17) is 0 Å². The second-order valence-electron chi connectivity index (χ2n) is 5.85. The Morgan fingerprint density at radius 2 is 1.38 bits per heavy atom. The highest BCUT2D eigenvalue weighted by Gasteiger charge is 1.99. The Morgan fingerprint density at radius 3 is 2.00 bits per heavy atom. The topological polar surface area (TPSA) is 20.3 Å². The standard InChI is InChI=1S/C23H22INO/c1-25(2)22-17-11-19(12-18-22)9-7-5-3-4-6-8-10-23(26)20-13-15-21(24)16-14-20/h3-18H,1-2H3/b5-3+,6-4+,9-7+,10-8+. The molecule has 0 bridgehead atoms. The first-order chi connectivity index (χ1) is 12.6. The fourth-order valence-electron chi connectivity index (χ4n) is 2.16. The minimum absolute atomic E-state index is 0.0103. The average molecular weight is 455 g/mol. The molecule has 0 aromatic heterocycles. The van der Waals surface area contributed by atoms with Gasteiger partial charge in [-0.05, 0) is 58.5 Å². The second kappa shape index (κ2) is 10.6. The first kappa shape index (κ1) is 19.9. The van der Waals surface area contributed by atoms with Crippen LogP contribution in [0, 0.1) is 3.57 Å². The SMILES string of the molecule is CN(C)c1ccc(/C=C/C=C/C=C/C=C/C(=O)c2ccc(I)cc2)cc1. The van der Waals surface area contributed by atoms with Crippen LogP contribution in [0.25, 0.3) is 6.08 Å². The van der Waals surface area contributed by atoms with Crippen LogP contribution in [0.1, 0.15) is 15.9 Å². The van der Waals surface area contributed by atoms with E-state index in [0.29, 0.717) is 5.56 Å². The number of ketones is 1. The molecule has 2 nitrogen and oxygen atoms in total. The van der Waals surface area contributed by atoms with Crippen molar-refractivity contribution in [1.82, 2.24) is 0 Å². The van der Waals surface area contributed by atoms with Crippen molar-refractivity contribution in [2.75, 3.05) is 19.0 Å². The molecule has 0 atom stereocenters. The summed E-state index contributed by atoms with van der Waals surface area (Å²) in [5.74, 6) is 0.0103. The highest BCUT2D eigenvalue weighted by atomic mass is 127. The zero-order chi connectivity index (χ0) is 18.8. The Labute approximate surface area is 169 Å². The molecule has 0 aliphatic rings. The van der Waals surface area contributed by atoms with Crippen molar-refractivity contribution in [3.8, 4) is 0 Å². The molecule has 3 heteroatoms. The number of hydrogen-bond acceptors (Lipinski definition) is 2. The summed E-state index contributed by atoms with van der Waals surface area (Å²) in [6.45, 7) is 0. The molecule has 2 aromatic carbocycles. The van der Waals surface area contributed by atoms with Gasteiger partial charge in [-0.15, -0.1) is 0 Å². The Morgan fingerprint density at radius 1 is 0.808 bits per heavy atom. The van der Waals surface area contributed by atoms with E-state index < -0.39 is 0 Å². The smallest absolute Gasteiger partial charge is 0.185 e.